The summed E-state index contributed by atoms with van der Waals surface area (Å²) in [7, 11) is 1.36. The van der Waals surface area contributed by atoms with Gasteiger partial charge in [-0.15, -0.1) is 0 Å². The highest BCUT2D eigenvalue weighted by molar-refractivity contribution is 5.95. The number of rotatable bonds is 2. The van der Waals surface area contributed by atoms with Gasteiger partial charge in [-0.2, -0.15) is 0 Å². The predicted octanol–water partition coefficient (Wildman–Crippen LogP) is 2.79. The summed E-state index contributed by atoms with van der Waals surface area (Å²) in [6.45, 7) is 0. The molecule has 0 aliphatic heterocycles. The van der Waals surface area contributed by atoms with Crippen LogP contribution < -0.4 is 0 Å². The van der Waals surface area contributed by atoms with Gasteiger partial charge in [0.1, 0.15) is 0 Å². The largest absolute Gasteiger partial charge is 0.464 e. The number of hydrogen-bond donors (Lipinski definition) is 0. The average molecular weight is 252 g/mol. The van der Waals surface area contributed by atoms with Gasteiger partial charge in [-0.25, -0.2) is 9.78 Å². The third kappa shape index (κ3) is 1.87. The molecule has 4 heteroatoms. The summed E-state index contributed by atoms with van der Waals surface area (Å²) in [5.74, 6) is -0.427. The molecular weight excluding hydrogens is 240 g/mol. The number of nitrogens with zero attached hydrogens (tertiary/aromatic N) is 2. The van der Waals surface area contributed by atoms with Crippen molar-refractivity contribution in [3.05, 3.63) is 60.6 Å². The summed E-state index contributed by atoms with van der Waals surface area (Å²) in [5.41, 5.74) is 3.06. The monoisotopic (exact) mass is 252 g/mol. The number of fused-ring (bicyclic) bond motifs is 1. The van der Waals surface area contributed by atoms with Gasteiger partial charge < -0.3 is 9.14 Å². The Labute approximate surface area is 110 Å². The quantitative estimate of drug-likeness (QED) is 0.659. The molecule has 0 bridgehead atoms. The highest BCUT2D eigenvalue weighted by Crippen LogP contribution is 2.22. The van der Waals surface area contributed by atoms with Crippen LogP contribution in [0, 0.1) is 0 Å². The third-order valence-corrected chi connectivity index (χ3v) is 3.02. The van der Waals surface area contributed by atoms with Crippen LogP contribution >= 0.6 is 0 Å². The Morgan fingerprint density at radius 1 is 1.16 bits per heavy atom. The smallest absolute Gasteiger partial charge is 0.358 e. The van der Waals surface area contributed by atoms with Gasteiger partial charge in [0.2, 0.25) is 0 Å². The minimum atomic E-state index is -0.427. The van der Waals surface area contributed by atoms with Gasteiger partial charge in [0.25, 0.3) is 0 Å². The number of esters is 1. The van der Waals surface area contributed by atoms with E-state index in [2.05, 4.69) is 4.98 Å². The molecule has 0 saturated carbocycles. The average Bonchev–Trinajstić information content (AvgIpc) is 2.95. The predicted molar refractivity (Wildman–Crippen MR) is 72.0 cm³/mol. The van der Waals surface area contributed by atoms with Crippen molar-refractivity contribution in [2.45, 2.75) is 0 Å². The SMILES string of the molecule is COC(=O)c1ncc(-c2ccccc2)n2cccc12. The minimum Gasteiger partial charge on any atom is -0.464 e. The highest BCUT2D eigenvalue weighted by Gasteiger charge is 2.14. The van der Waals surface area contributed by atoms with E-state index in [1.807, 2.05) is 53.1 Å². The second-order valence-corrected chi connectivity index (χ2v) is 4.11. The van der Waals surface area contributed by atoms with E-state index in [9.17, 15) is 4.79 Å². The molecule has 0 aliphatic carbocycles. The van der Waals surface area contributed by atoms with Crippen LogP contribution in [-0.4, -0.2) is 22.5 Å². The summed E-state index contributed by atoms with van der Waals surface area (Å²) >= 11 is 0. The van der Waals surface area contributed by atoms with Gasteiger partial charge in [0, 0.05) is 11.8 Å². The molecule has 0 amide bonds. The van der Waals surface area contributed by atoms with Crippen molar-refractivity contribution >= 4 is 11.5 Å². The molecular formula is C15H12N2O2. The van der Waals surface area contributed by atoms with Crippen molar-refractivity contribution < 1.29 is 9.53 Å². The van der Waals surface area contributed by atoms with E-state index >= 15 is 0 Å². The Morgan fingerprint density at radius 3 is 2.68 bits per heavy atom. The van der Waals surface area contributed by atoms with Crippen LogP contribution in [0.2, 0.25) is 0 Å². The maximum absolute atomic E-state index is 11.7. The van der Waals surface area contributed by atoms with Gasteiger partial charge in [0.15, 0.2) is 5.69 Å². The lowest BCUT2D eigenvalue weighted by molar-refractivity contribution is 0.0596. The van der Waals surface area contributed by atoms with E-state index in [0.717, 1.165) is 16.8 Å². The number of aromatic nitrogens is 2. The van der Waals surface area contributed by atoms with Crippen molar-refractivity contribution in [3.63, 3.8) is 0 Å². The molecule has 2 aromatic heterocycles. The first kappa shape index (κ1) is 11.5. The molecule has 0 N–H and O–H groups in total. The molecule has 0 atom stereocenters. The van der Waals surface area contributed by atoms with Gasteiger partial charge in [-0.05, 0) is 12.1 Å². The van der Waals surface area contributed by atoms with Crippen molar-refractivity contribution in [1.82, 2.24) is 9.38 Å². The fourth-order valence-corrected chi connectivity index (χ4v) is 2.11. The maximum Gasteiger partial charge on any atom is 0.358 e. The van der Waals surface area contributed by atoms with Crippen LogP contribution in [0.4, 0.5) is 0 Å². The molecule has 0 radical (unpaired) electrons. The summed E-state index contributed by atoms with van der Waals surface area (Å²) in [5, 5.41) is 0. The second kappa shape index (κ2) is 4.57. The summed E-state index contributed by atoms with van der Waals surface area (Å²) < 4.78 is 6.68. The van der Waals surface area contributed by atoms with Crippen molar-refractivity contribution in [2.75, 3.05) is 7.11 Å². The fraction of sp³-hybridized carbons (Fsp3) is 0.0667. The van der Waals surface area contributed by atoms with Crippen LogP contribution in [0.25, 0.3) is 16.8 Å². The van der Waals surface area contributed by atoms with Gasteiger partial charge in [-0.1, -0.05) is 30.3 Å². The van der Waals surface area contributed by atoms with Crippen LogP contribution in [-0.2, 0) is 4.74 Å². The first-order valence-corrected chi connectivity index (χ1v) is 5.91. The molecule has 0 fully saturated rings. The number of hydrogen-bond acceptors (Lipinski definition) is 3. The maximum atomic E-state index is 11.7. The minimum absolute atomic E-state index is 0.326. The number of carbonyl (C=O) groups is 1. The van der Waals surface area contributed by atoms with Crippen LogP contribution in [0.1, 0.15) is 10.5 Å². The normalized spacial score (nSPS) is 10.6. The summed E-state index contributed by atoms with van der Waals surface area (Å²) in [6.07, 6.45) is 3.60. The fourth-order valence-electron chi connectivity index (χ4n) is 2.11. The zero-order chi connectivity index (χ0) is 13.2. The molecule has 3 aromatic rings. The zero-order valence-electron chi connectivity index (χ0n) is 10.4. The summed E-state index contributed by atoms with van der Waals surface area (Å²) in [6, 6.07) is 13.7. The van der Waals surface area contributed by atoms with Crippen LogP contribution in [0.15, 0.2) is 54.9 Å². The molecule has 4 nitrogen and oxygen atoms in total. The van der Waals surface area contributed by atoms with Gasteiger partial charge in [-0.3, -0.25) is 0 Å². The Bertz CT molecular complexity index is 732. The Kier molecular flexibility index (Phi) is 2.76. The highest BCUT2D eigenvalue weighted by atomic mass is 16.5. The number of benzene rings is 1. The number of methoxy groups -OCH3 is 1. The third-order valence-electron chi connectivity index (χ3n) is 3.02. The number of ether oxygens (including phenoxy) is 1. The molecule has 3 rings (SSSR count). The van der Waals surface area contributed by atoms with Gasteiger partial charge in [0.05, 0.1) is 24.5 Å². The van der Waals surface area contributed by atoms with E-state index in [0.29, 0.717) is 5.69 Å². The van der Waals surface area contributed by atoms with Crippen molar-refractivity contribution in [1.29, 1.82) is 0 Å². The lowest BCUT2D eigenvalue weighted by Crippen LogP contribution is -2.07. The standard InChI is InChI=1S/C15H12N2O2/c1-19-15(18)14-12-8-5-9-17(12)13(10-16-14)11-6-3-2-4-7-11/h2-10H,1H3. The van der Waals surface area contributed by atoms with Gasteiger partial charge >= 0.3 is 5.97 Å². The first-order chi connectivity index (χ1) is 9.31. The molecule has 0 spiro atoms. The van der Waals surface area contributed by atoms with Crippen molar-refractivity contribution in [2.24, 2.45) is 0 Å². The van der Waals surface area contributed by atoms with Crippen LogP contribution in [0.5, 0.6) is 0 Å². The topological polar surface area (TPSA) is 43.6 Å². The Morgan fingerprint density at radius 2 is 1.95 bits per heavy atom. The lowest BCUT2D eigenvalue weighted by atomic mass is 10.1. The Hall–Kier alpha value is -2.62. The van der Waals surface area contributed by atoms with E-state index in [4.69, 9.17) is 4.74 Å². The molecule has 0 saturated heterocycles. The molecule has 0 unspecified atom stereocenters. The van der Waals surface area contributed by atoms with Crippen molar-refractivity contribution in [3.8, 4) is 11.3 Å². The van der Waals surface area contributed by atoms with Crippen LogP contribution in [0.3, 0.4) is 0 Å². The van der Waals surface area contributed by atoms with E-state index in [1.54, 1.807) is 6.20 Å². The molecule has 2 heterocycles. The molecule has 1 aromatic carbocycles. The first-order valence-electron chi connectivity index (χ1n) is 5.91. The summed E-state index contributed by atoms with van der Waals surface area (Å²) in [4.78, 5) is 15.9. The second-order valence-electron chi connectivity index (χ2n) is 4.11. The molecule has 19 heavy (non-hydrogen) atoms. The number of carbonyl (C=O) groups excluding carboxylic acids is 1. The van der Waals surface area contributed by atoms with E-state index in [-0.39, 0.29) is 0 Å². The lowest BCUT2D eigenvalue weighted by Gasteiger charge is -2.08. The molecule has 0 aliphatic rings. The Balaban J connectivity index is 2.25. The van der Waals surface area contributed by atoms with E-state index in [1.165, 1.54) is 7.11 Å². The zero-order valence-corrected chi connectivity index (χ0v) is 10.4. The molecule has 94 valence electrons. The van der Waals surface area contributed by atoms with E-state index < -0.39 is 5.97 Å².